The first-order valence-electron chi connectivity index (χ1n) is 7.50. The van der Waals surface area contributed by atoms with E-state index in [-0.39, 0.29) is 12.5 Å². The molecule has 0 aliphatic heterocycles. The summed E-state index contributed by atoms with van der Waals surface area (Å²) < 4.78 is 10.6. The average Bonchev–Trinajstić information content (AvgIpc) is 2.61. The van der Waals surface area contributed by atoms with Gasteiger partial charge in [0.15, 0.2) is 18.1 Å². The Morgan fingerprint density at radius 1 is 1.16 bits per heavy atom. The second-order valence-electron chi connectivity index (χ2n) is 5.15. The Morgan fingerprint density at radius 3 is 2.64 bits per heavy atom. The summed E-state index contributed by atoms with van der Waals surface area (Å²) in [5.74, 6) is 0.498. The number of carbonyl (C=O) groups is 2. The van der Waals surface area contributed by atoms with Gasteiger partial charge in [-0.1, -0.05) is 29.3 Å². The second-order valence-corrected chi connectivity index (χ2v) is 6.00. The first-order valence-corrected chi connectivity index (χ1v) is 8.25. The van der Waals surface area contributed by atoms with Crippen molar-refractivity contribution in [2.24, 2.45) is 0 Å². The molecule has 2 aromatic rings. The van der Waals surface area contributed by atoms with Gasteiger partial charge in [0.25, 0.3) is 5.91 Å². The van der Waals surface area contributed by atoms with Gasteiger partial charge in [-0.05, 0) is 42.3 Å². The Hall–Kier alpha value is -2.24. The highest BCUT2D eigenvalue weighted by Gasteiger charge is 2.09. The molecule has 1 N–H and O–H groups in total. The number of rotatable bonds is 8. The summed E-state index contributed by atoms with van der Waals surface area (Å²) in [7, 11) is 1.48. The summed E-state index contributed by atoms with van der Waals surface area (Å²) in [5, 5.41) is 3.87. The maximum absolute atomic E-state index is 11.9. The summed E-state index contributed by atoms with van der Waals surface area (Å²) in [5.41, 5.74) is 1.33. The Labute approximate surface area is 155 Å². The zero-order valence-corrected chi connectivity index (χ0v) is 15.1. The van der Waals surface area contributed by atoms with Crippen molar-refractivity contribution in [1.29, 1.82) is 0 Å². The number of benzene rings is 2. The van der Waals surface area contributed by atoms with Crippen molar-refractivity contribution in [2.75, 3.05) is 20.3 Å². The highest BCUT2D eigenvalue weighted by Crippen LogP contribution is 2.27. The normalized spacial score (nSPS) is 10.2. The van der Waals surface area contributed by atoms with Gasteiger partial charge >= 0.3 is 0 Å². The lowest BCUT2D eigenvalue weighted by Gasteiger charge is -2.11. The van der Waals surface area contributed by atoms with E-state index in [1.165, 1.54) is 13.2 Å². The molecule has 2 aromatic carbocycles. The van der Waals surface area contributed by atoms with E-state index in [0.717, 1.165) is 5.56 Å². The van der Waals surface area contributed by atoms with Gasteiger partial charge in [0.1, 0.15) is 6.29 Å². The van der Waals surface area contributed by atoms with E-state index < -0.39 is 0 Å². The molecule has 0 aromatic heterocycles. The molecule has 5 nitrogen and oxygen atoms in total. The summed E-state index contributed by atoms with van der Waals surface area (Å²) in [6, 6.07) is 9.97. The van der Waals surface area contributed by atoms with Gasteiger partial charge in [-0.3, -0.25) is 9.59 Å². The number of amides is 1. The number of nitrogens with one attached hydrogen (secondary N) is 1. The minimum Gasteiger partial charge on any atom is -0.493 e. The van der Waals surface area contributed by atoms with Crippen LogP contribution in [0.3, 0.4) is 0 Å². The number of ether oxygens (including phenoxy) is 2. The molecule has 0 saturated carbocycles. The zero-order chi connectivity index (χ0) is 18.2. The van der Waals surface area contributed by atoms with Gasteiger partial charge in [0.2, 0.25) is 0 Å². The third-order valence-electron chi connectivity index (χ3n) is 3.41. The van der Waals surface area contributed by atoms with Crippen LogP contribution in [-0.4, -0.2) is 32.5 Å². The maximum Gasteiger partial charge on any atom is 0.257 e. The lowest BCUT2D eigenvalue weighted by Crippen LogP contribution is -2.30. The van der Waals surface area contributed by atoms with E-state index in [9.17, 15) is 9.59 Å². The molecule has 0 bridgehead atoms. The van der Waals surface area contributed by atoms with E-state index in [1.807, 2.05) is 6.07 Å². The molecule has 0 aliphatic rings. The third kappa shape index (κ3) is 5.66. The highest BCUT2D eigenvalue weighted by atomic mass is 35.5. The smallest absolute Gasteiger partial charge is 0.257 e. The standard InChI is InChI=1S/C18H17Cl2NO4/c1-24-16-5-2-12(10-22)8-17(16)25-11-18(23)21-7-6-13-3-4-14(19)9-15(13)20/h2-5,8-10H,6-7,11H2,1H3,(H,21,23). The average molecular weight is 382 g/mol. The number of hydrogen-bond donors (Lipinski definition) is 1. The number of carbonyl (C=O) groups excluding carboxylic acids is 2. The molecule has 0 atom stereocenters. The van der Waals surface area contributed by atoms with Crippen molar-refractivity contribution in [3.63, 3.8) is 0 Å². The van der Waals surface area contributed by atoms with E-state index in [1.54, 1.807) is 24.3 Å². The van der Waals surface area contributed by atoms with Crippen molar-refractivity contribution < 1.29 is 19.1 Å². The molecule has 2 rings (SSSR count). The van der Waals surface area contributed by atoms with E-state index >= 15 is 0 Å². The Morgan fingerprint density at radius 2 is 1.96 bits per heavy atom. The van der Waals surface area contributed by atoms with Gasteiger partial charge in [-0.2, -0.15) is 0 Å². The van der Waals surface area contributed by atoms with Crippen LogP contribution in [0.5, 0.6) is 11.5 Å². The van der Waals surface area contributed by atoms with E-state index in [4.69, 9.17) is 32.7 Å². The van der Waals surface area contributed by atoms with Crippen LogP contribution in [0.1, 0.15) is 15.9 Å². The summed E-state index contributed by atoms with van der Waals surface area (Å²) in [6.07, 6.45) is 1.27. The van der Waals surface area contributed by atoms with Crippen LogP contribution >= 0.6 is 23.2 Å². The number of aldehydes is 1. The molecule has 0 spiro atoms. The predicted octanol–water partition coefficient (Wildman–Crippen LogP) is 3.55. The SMILES string of the molecule is COc1ccc(C=O)cc1OCC(=O)NCCc1ccc(Cl)cc1Cl. The topological polar surface area (TPSA) is 64.6 Å². The van der Waals surface area contributed by atoms with Crippen molar-refractivity contribution >= 4 is 35.4 Å². The minimum atomic E-state index is -0.288. The van der Waals surface area contributed by atoms with Crippen molar-refractivity contribution in [3.05, 3.63) is 57.6 Å². The van der Waals surface area contributed by atoms with Crippen LogP contribution in [-0.2, 0) is 11.2 Å². The molecule has 0 unspecified atom stereocenters. The van der Waals surface area contributed by atoms with E-state index in [0.29, 0.717) is 46.4 Å². The van der Waals surface area contributed by atoms with Crippen molar-refractivity contribution in [3.8, 4) is 11.5 Å². The monoisotopic (exact) mass is 381 g/mol. The lowest BCUT2D eigenvalue weighted by atomic mass is 10.1. The largest absolute Gasteiger partial charge is 0.493 e. The molecule has 0 radical (unpaired) electrons. The van der Waals surface area contributed by atoms with Gasteiger partial charge in [0, 0.05) is 22.2 Å². The van der Waals surface area contributed by atoms with Gasteiger partial charge in [-0.25, -0.2) is 0 Å². The molecule has 25 heavy (non-hydrogen) atoms. The molecular weight excluding hydrogens is 365 g/mol. The highest BCUT2D eigenvalue weighted by molar-refractivity contribution is 6.35. The van der Waals surface area contributed by atoms with Crippen LogP contribution in [0.4, 0.5) is 0 Å². The molecule has 0 fully saturated rings. The maximum atomic E-state index is 11.9. The van der Waals surface area contributed by atoms with Crippen molar-refractivity contribution in [1.82, 2.24) is 5.32 Å². The molecule has 132 valence electrons. The molecule has 1 amide bonds. The summed E-state index contributed by atoms with van der Waals surface area (Å²) >= 11 is 11.9. The Kier molecular flexibility index (Phi) is 7.10. The van der Waals surface area contributed by atoms with Gasteiger partial charge in [-0.15, -0.1) is 0 Å². The fraction of sp³-hybridized carbons (Fsp3) is 0.222. The molecular formula is C18H17Cl2NO4. The number of halogens is 2. The first-order chi connectivity index (χ1) is 12.0. The number of methoxy groups -OCH3 is 1. The molecule has 0 saturated heterocycles. The van der Waals surface area contributed by atoms with Gasteiger partial charge in [0.05, 0.1) is 7.11 Å². The zero-order valence-electron chi connectivity index (χ0n) is 13.6. The van der Waals surface area contributed by atoms with Crippen LogP contribution in [0.15, 0.2) is 36.4 Å². The summed E-state index contributed by atoms with van der Waals surface area (Å²) in [4.78, 5) is 22.7. The lowest BCUT2D eigenvalue weighted by molar-refractivity contribution is -0.123. The molecule has 0 aliphatic carbocycles. The Balaban J connectivity index is 1.83. The quantitative estimate of drug-likeness (QED) is 0.710. The van der Waals surface area contributed by atoms with Crippen LogP contribution in [0, 0.1) is 0 Å². The number of hydrogen-bond acceptors (Lipinski definition) is 4. The summed E-state index contributed by atoms with van der Waals surface area (Å²) in [6.45, 7) is 0.224. The third-order valence-corrected chi connectivity index (χ3v) is 4.00. The molecule has 7 heteroatoms. The fourth-order valence-electron chi connectivity index (χ4n) is 2.13. The molecule has 0 heterocycles. The minimum absolute atomic E-state index is 0.187. The van der Waals surface area contributed by atoms with Crippen molar-refractivity contribution in [2.45, 2.75) is 6.42 Å². The Bertz CT molecular complexity index is 765. The predicted molar refractivity (Wildman–Crippen MR) is 97.1 cm³/mol. The van der Waals surface area contributed by atoms with Crippen LogP contribution < -0.4 is 14.8 Å². The van der Waals surface area contributed by atoms with Crippen LogP contribution in [0.25, 0.3) is 0 Å². The van der Waals surface area contributed by atoms with Gasteiger partial charge < -0.3 is 14.8 Å². The first kappa shape index (κ1) is 19.1. The van der Waals surface area contributed by atoms with Crippen LogP contribution in [0.2, 0.25) is 10.0 Å². The second kappa shape index (κ2) is 9.30. The van der Waals surface area contributed by atoms with E-state index in [2.05, 4.69) is 5.32 Å². The fourth-order valence-corrected chi connectivity index (χ4v) is 2.64.